The first-order chi connectivity index (χ1) is 9.30. The van der Waals surface area contributed by atoms with Crippen molar-refractivity contribution in [1.29, 1.82) is 0 Å². The van der Waals surface area contributed by atoms with Crippen molar-refractivity contribution in [3.63, 3.8) is 0 Å². The molecular formula is C15H25ClN2O2S. The number of carbonyl (C=O) groups excluding carboxylic acids is 1. The molecule has 0 aliphatic rings. The molecule has 21 heavy (non-hydrogen) atoms. The Morgan fingerprint density at radius 3 is 2.38 bits per heavy atom. The predicted octanol–water partition coefficient (Wildman–Crippen LogP) is 2.16. The number of halogens is 1. The Morgan fingerprint density at radius 2 is 1.86 bits per heavy atom. The Bertz CT molecular complexity index is 460. The van der Waals surface area contributed by atoms with E-state index in [1.54, 1.807) is 0 Å². The van der Waals surface area contributed by atoms with Gasteiger partial charge in [0.05, 0.1) is 0 Å². The van der Waals surface area contributed by atoms with Crippen molar-refractivity contribution in [2.24, 2.45) is 5.73 Å². The molecule has 1 aromatic carbocycles. The molecule has 1 aromatic rings. The van der Waals surface area contributed by atoms with E-state index in [-0.39, 0.29) is 35.5 Å². The molecule has 2 atom stereocenters. The molecule has 0 aromatic heterocycles. The van der Waals surface area contributed by atoms with Crippen LogP contribution in [-0.4, -0.2) is 27.2 Å². The lowest BCUT2D eigenvalue weighted by molar-refractivity contribution is -0.121. The zero-order valence-electron chi connectivity index (χ0n) is 12.8. The molecule has 0 spiro atoms. The van der Waals surface area contributed by atoms with E-state index in [0.29, 0.717) is 12.3 Å². The summed E-state index contributed by atoms with van der Waals surface area (Å²) in [6.07, 6.45) is 0.242. The van der Waals surface area contributed by atoms with Gasteiger partial charge < -0.3 is 11.1 Å². The molecule has 2 unspecified atom stereocenters. The molecule has 6 heteroatoms. The number of hydrogen-bond acceptors (Lipinski definition) is 3. The van der Waals surface area contributed by atoms with E-state index in [0.717, 1.165) is 5.56 Å². The maximum atomic E-state index is 11.8. The lowest BCUT2D eigenvalue weighted by Gasteiger charge is -2.18. The third-order valence-electron chi connectivity index (χ3n) is 2.93. The van der Waals surface area contributed by atoms with E-state index < -0.39 is 10.8 Å². The molecule has 0 saturated heterocycles. The van der Waals surface area contributed by atoms with Crippen molar-refractivity contribution in [3.05, 3.63) is 35.9 Å². The smallest absolute Gasteiger partial charge is 0.221 e. The molecule has 0 bridgehead atoms. The van der Waals surface area contributed by atoms with E-state index in [1.807, 2.05) is 51.1 Å². The fraction of sp³-hybridized carbons (Fsp3) is 0.533. The van der Waals surface area contributed by atoms with Crippen molar-refractivity contribution in [2.75, 3.05) is 12.3 Å². The van der Waals surface area contributed by atoms with Gasteiger partial charge in [0.1, 0.15) is 0 Å². The van der Waals surface area contributed by atoms with Crippen LogP contribution in [-0.2, 0) is 15.6 Å². The van der Waals surface area contributed by atoms with E-state index >= 15 is 0 Å². The summed E-state index contributed by atoms with van der Waals surface area (Å²) in [7, 11) is -0.948. The van der Waals surface area contributed by atoms with Gasteiger partial charge in [-0.15, -0.1) is 12.4 Å². The first-order valence-electron chi connectivity index (χ1n) is 6.76. The average molecular weight is 333 g/mol. The summed E-state index contributed by atoms with van der Waals surface area (Å²) in [6.45, 7) is 6.20. The molecular weight excluding hydrogens is 308 g/mol. The van der Waals surface area contributed by atoms with Crippen LogP contribution in [0.4, 0.5) is 0 Å². The minimum atomic E-state index is -0.948. The third-order valence-corrected chi connectivity index (χ3v) is 4.87. The van der Waals surface area contributed by atoms with Crippen molar-refractivity contribution < 1.29 is 9.00 Å². The number of benzene rings is 1. The first-order valence-corrected chi connectivity index (χ1v) is 8.08. The topological polar surface area (TPSA) is 72.2 Å². The van der Waals surface area contributed by atoms with Gasteiger partial charge in [-0.05, 0) is 26.3 Å². The summed E-state index contributed by atoms with van der Waals surface area (Å²) < 4.78 is 11.6. The largest absolute Gasteiger partial charge is 0.355 e. The number of carbonyl (C=O) groups is 1. The second-order valence-corrected chi connectivity index (χ2v) is 8.06. The van der Waals surface area contributed by atoms with Gasteiger partial charge in [-0.3, -0.25) is 9.00 Å². The number of nitrogens with two attached hydrogens (primary N) is 1. The lowest BCUT2D eigenvalue weighted by atomic mass is 10.0. The molecule has 4 nitrogen and oxygen atoms in total. The highest BCUT2D eigenvalue weighted by Gasteiger charge is 2.19. The Labute approximate surface area is 135 Å². The third kappa shape index (κ3) is 7.60. The second-order valence-electron chi connectivity index (χ2n) is 5.73. The van der Waals surface area contributed by atoms with Gasteiger partial charge in [0.25, 0.3) is 0 Å². The number of hydrogen-bond donors (Lipinski definition) is 2. The van der Waals surface area contributed by atoms with Gasteiger partial charge >= 0.3 is 0 Å². The monoisotopic (exact) mass is 332 g/mol. The van der Waals surface area contributed by atoms with Crippen LogP contribution in [0, 0.1) is 0 Å². The molecule has 0 heterocycles. The van der Waals surface area contributed by atoms with Crippen LogP contribution in [0.2, 0.25) is 0 Å². The zero-order chi connectivity index (χ0) is 15.2. The van der Waals surface area contributed by atoms with Crippen molar-refractivity contribution in [1.82, 2.24) is 5.32 Å². The molecule has 1 rings (SSSR count). The average Bonchev–Trinajstić information content (AvgIpc) is 2.38. The van der Waals surface area contributed by atoms with Crippen LogP contribution in [0.1, 0.15) is 38.8 Å². The zero-order valence-corrected chi connectivity index (χ0v) is 14.4. The fourth-order valence-corrected chi connectivity index (χ4v) is 2.58. The first kappa shape index (κ1) is 20.1. The highest BCUT2D eigenvalue weighted by Crippen LogP contribution is 2.13. The molecule has 120 valence electrons. The minimum absolute atomic E-state index is 0. The SMILES string of the molecule is CC(C)(C)S(=O)CCNC(=O)CC(N)c1ccccc1.Cl. The molecule has 0 aliphatic carbocycles. The molecule has 0 fully saturated rings. The number of amides is 1. The molecule has 0 saturated carbocycles. The second kappa shape index (κ2) is 9.18. The van der Waals surface area contributed by atoms with Gasteiger partial charge in [0.15, 0.2) is 0 Å². The van der Waals surface area contributed by atoms with Crippen molar-refractivity contribution in [2.45, 2.75) is 38.0 Å². The summed E-state index contributed by atoms with van der Waals surface area (Å²) in [6, 6.07) is 9.24. The van der Waals surface area contributed by atoms with E-state index in [1.165, 1.54) is 0 Å². The van der Waals surface area contributed by atoms with Gasteiger partial charge in [0.2, 0.25) is 5.91 Å². The van der Waals surface area contributed by atoms with Gasteiger partial charge in [0, 0.05) is 40.3 Å². The number of rotatable bonds is 6. The Kier molecular flexibility index (Phi) is 8.78. The lowest BCUT2D eigenvalue weighted by Crippen LogP contribution is -2.34. The van der Waals surface area contributed by atoms with Crippen LogP contribution in [0.3, 0.4) is 0 Å². The maximum Gasteiger partial charge on any atom is 0.221 e. The molecule has 0 radical (unpaired) electrons. The fourth-order valence-electron chi connectivity index (χ4n) is 1.68. The van der Waals surface area contributed by atoms with Crippen molar-refractivity contribution in [3.8, 4) is 0 Å². The summed E-state index contributed by atoms with van der Waals surface area (Å²) >= 11 is 0. The van der Waals surface area contributed by atoms with Crippen molar-refractivity contribution >= 4 is 29.1 Å². The van der Waals surface area contributed by atoms with E-state index in [9.17, 15) is 9.00 Å². The van der Waals surface area contributed by atoms with Crippen LogP contribution in [0.15, 0.2) is 30.3 Å². The van der Waals surface area contributed by atoms with Gasteiger partial charge in [-0.1, -0.05) is 30.3 Å². The van der Waals surface area contributed by atoms with Crippen LogP contribution in [0.25, 0.3) is 0 Å². The van der Waals surface area contributed by atoms with Crippen LogP contribution < -0.4 is 11.1 Å². The Hall–Kier alpha value is -0.910. The summed E-state index contributed by atoms with van der Waals surface area (Å²) in [4.78, 5) is 11.8. The minimum Gasteiger partial charge on any atom is -0.355 e. The highest BCUT2D eigenvalue weighted by atomic mass is 35.5. The summed E-state index contributed by atoms with van der Waals surface area (Å²) in [5, 5.41) is 2.77. The highest BCUT2D eigenvalue weighted by molar-refractivity contribution is 7.86. The maximum absolute atomic E-state index is 11.8. The normalized spacial score (nSPS) is 13.9. The predicted molar refractivity (Wildman–Crippen MR) is 91.0 cm³/mol. The van der Waals surface area contributed by atoms with E-state index in [4.69, 9.17) is 5.73 Å². The molecule has 0 aliphatic heterocycles. The van der Waals surface area contributed by atoms with Crippen LogP contribution >= 0.6 is 12.4 Å². The Balaban J connectivity index is 0.00000400. The molecule has 1 amide bonds. The summed E-state index contributed by atoms with van der Waals surface area (Å²) in [5.41, 5.74) is 6.92. The quantitative estimate of drug-likeness (QED) is 0.838. The van der Waals surface area contributed by atoms with Gasteiger partial charge in [-0.25, -0.2) is 0 Å². The van der Waals surface area contributed by atoms with Gasteiger partial charge in [-0.2, -0.15) is 0 Å². The molecule has 3 N–H and O–H groups in total. The van der Waals surface area contributed by atoms with E-state index in [2.05, 4.69) is 5.32 Å². The summed E-state index contributed by atoms with van der Waals surface area (Å²) in [5.74, 6) is 0.364. The Morgan fingerprint density at radius 1 is 1.29 bits per heavy atom. The number of nitrogens with one attached hydrogen (secondary N) is 1. The van der Waals surface area contributed by atoms with Crippen LogP contribution in [0.5, 0.6) is 0 Å². The standard InChI is InChI=1S/C15H24N2O2S.ClH/c1-15(2,3)20(19)10-9-17-14(18)11-13(16)12-7-5-4-6-8-12;/h4-8,13H,9-11,16H2,1-3H3,(H,17,18);1H.